The van der Waals surface area contributed by atoms with E-state index >= 15 is 0 Å². The first-order chi connectivity index (χ1) is 11.1. The van der Waals surface area contributed by atoms with Gasteiger partial charge >= 0.3 is 5.97 Å². The molecule has 2 rings (SSSR count). The second-order valence-electron chi connectivity index (χ2n) is 7.89. The molecule has 5 nitrogen and oxygen atoms in total. The molecule has 3 atom stereocenters. The highest BCUT2D eigenvalue weighted by atomic mass is 35.5. The number of hydrogen-bond donors (Lipinski definition) is 2. The summed E-state index contributed by atoms with van der Waals surface area (Å²) in [5.41, 5.74) is -0.00599. The van der Waals surface area contributed by atoms with Crippen LogP contribution < -0.4 is 5.32 Å². The number of hydrogen-bond acceptors (Lipinski definition) is 5. The minimum atomic E-state index is -0.733. The molecule has 1 fully saturated rings. The smallest absolute Gasteiger partial charge is 0.312 e. The molecule has 25 heavy (non-hydrogen) atoms. The number of halogens is 1. The second-order valence-corrected chi connectivity index (χ2v) is 7.89. The Morgan fingerprint density at radius 2 is 1.84 bits per heavy atom. The van der Waals surface area contributed by atoms with Gasteiger partial charge in [-0.2, -0.15) is 5.06 Å². The summed E-state index contributed by atoms with van der Waals surface area (Å²) in [6.07, 6.45) is 0.643. The first kappa shape index (κ1) is 21.9. The fourth-order valence-electron chi connectivity index (χ4n) is 4.04. The quantitative estimate of drug-likeness (QED) is 0.789. The average Bonchev–Trinajstić information content (AvgIpc) is 2.53. The van der Waals surface area contributed by atoms with Gasteiger partial charge in [-0.1, -0.05) is 30.3 Å². The maximum absolute atomic E-state index is 12.5. The van der Waals surface area contributed by atoms with Crippen molar-refractivity contribution in [1.82, 2.24) is 10.4 Å². The van der Waals surface area contributed by atoms with E-state index in [-0.39, 0.29) is 30.5 Å². The fourth-order valence-corrected chi connectivity index (χ4v) is 4.04. The van der Waals surface area contributed by atoms with Gasteiger partial charge in [-0.05, 0) is 46.6 Å². The average molecular weight is 370 g/mol. The van der Waals surface area contributed by atoms with Crippen LogP contribution >= 0.6 is 12.4 Å². The summed E-state index contributed by atoms with van der Waals surface area (Å²) in [5, 5.41) is 15.6. The first-order valence-electron chi connectivity index (χ1n) is 8.49. The van der Waals surface area contributed by atoms with E-state index in [1.807, 2.05) is 45.9 Å². The minimum absolute atomic E-state index is 0. The van der Waals surface area contributed by atoms with Crippen LogP contribution in [0.15, 0.2) is 30.3 Å². The largest absolute Gasteiger partial charge is 0.469 e. The van der Waals surface area contributed by atoms with Crippen LogP contribution in [0, 0.1) is 5.92 Å². The van der Waals surface area contributed by atoms with Crippen LogP contribution in [0.3, 0.4) is 0 Å². The molecule has 1 aliphatic rings. The highest BCUT2D eigenvalue weighted by Crippen LogP contribution is 2.42. The summed E-state index contributed by atoms with van der Waals surface area (Å²) in [4.78, 5) is 12.5. The summed E-state index contributed by atoms with van der Waals surface area (Å²) < 4.78 is 5.04. The molecule has 0 aromatic heterocycles. The Balaban J connectivity index is 0.00000312. The Morgan fingerprint density at radius 1 is 1.28 bits per heavy atom. The summed E-state index contributed by atoms with van der Waals surface area (Å²) in [5.74, 6) is -0.765. The number of hydroxylamine groups is 2. The van der Waals surface area contributed by atoms with Gasteiger partial charge in [-0.3, -0.25) is 4.79 Å². The summed E-state index contributed by atoms with van der Waals surface area (Å²) in [6.45, 7) is 9.85. The standard InChI is InChI=1S/C19H30N2O3.Cl/c1-13(14-10-8-7-9-11-14)20-15-12-18(2,3)21(23)19(4,5)16(15)17(22)24-6;/h7-11,13,15-16,20,23H,12H2,1-6H3;/t13-,15+,16-;/m1./s1. The molecule has 0 spiro atoms. The Hall–Kier alpha value is -1.14. The number of ether oxygens (including phenoxy) is 1. The second kappa shape index (κ2) is 8.04. The van der Waals surface area contributed by atoms with Crippen molar-refractivity contribution in [2.75, 3.05) is 7.11 Å². The molecule has 1 radical (unpaired) electrons. The first-order valence-corrected chi connectivity index (χ1v) is 8.49. The molecule has 1 heterocycles. The van der Waals surface area contributed by atoms with Gasteiger partial charge in [0.25, 0.3) is 0 Å². The van der Waals surface area contributed by atoms with Crippen LogP contribution in [0.5, 0.6) is 0 Å². The van der Waals surface area contributed by atoms with Crippen LogP contribution in [0.2, 0.25) is 0 Å². The predicted molar refractivity (Wildman–Crippen MR) is 99.5 cm³/mol. The van der Waals surface area contributed by atoms with Crippen LogP contribution in [0.4, 0.5) is 0 Å². The molecule has 0 unspecified atom stereocenters. The molecule has 0 amide bonds. The minimum Gasteiger partial charge on any atom is -0.469 e. The van der Waals surface area contributed by atoms with Crippen LogP contribution in [-0.4, -0.2) is 40.5 Å². The lowest BCUT2D eigenvalue weighted by Crippen LogP contribution is -2.69. The Morgan fingerprint density at radius 3 is 2.36 bits per heavy atom. The van der Waals surface area contributed by atoms with Crippen molar-refractivity contribution < 1.29 is 14.7 Å². The zero-order valence-electron chi connectivity index (χ0n) is 15.9. The molecule has 0 aliphatic carbocycles. The lowest BCUT2D eigenvalue weighted by atomic mass is 9.70. The van der Waals surface area contributed by atoms with Gasteiger partial charge in [0.05, 0.1) is 18.6 Å². The van der Waals surface area contributed by atoms with E-state index in [0.717, 1.165) is 0 Å². The summed E-state index contributed by atoms with van der Waals surface area (Å²) in [6, 6.07) is 10.2. The van der Waals surface area contributed by atoms with E-state index in [1.54, 1.807) is 0 Å². The third-order valence-electron chi connectivity index (χ3n) is 5.22. The van der Waals surface area contributed by atoms with Crippen molar-refractivity contribution in [3.63, 3.8) is 0 Å². The van der Waals surface area contributed by atoms with E-state index < -0.39 is 17.0 Å². The van der Waals surface area contributed by atoms with Crippen LogP contribution in [0.1, 0.15) is 52.6 Å². The number of esters is 1. The number of carbonyl (C=O) groups excluding carboxylic acids is 1. The Kier molecular flexibility index (Phi) is 7.04. The third-order valence-corrected chi connectivity index (χ3v) is 5.22. The van der Waals surface area contributed by atoms with Crippen molar-refractivity contribution in [2.24, 2.45) is 5.92 Å². The maximum atomic E-state index is 12.5. The third kappa shape index (κ3) is 4.34. The van der Waals surface area contributed by atoms with Gasteiger partial charge in [0, 0.05) is 30.0 Å². The number of methoxy groups -OCH3 is 1. The van der Waals surface area contributed by atoms with Gasteiger partial charge in [-0.25, -0.2) is 0 Å². The monoisotopic (exact) mass is 369 g/mol. The molecule has 141 valence electrons. The van der Waals surface area contributed by atoms with E-state index in [1.165, 1.54) is 17.7 Å². The summed E-state index contributed by atoms with van der Waals surface area (Å²) >= 11 is 0. The molecule has 2 N–H and O–H groups in total. The van der Waals surface area contributed by atoms with E-state index in [0.29, 0.717) is 6.42 Å². The zero-order valence-corrected chi connectivity index (χ0v) is 16.7. The fraction of sp³-hybridized carbons (Fsp3) is 0.632. The van der Waals surface area contributed by atoms with E-state index in [9.17, 15) is 10.0 Å². The number of carbonyl (C=O) groups is 1. The molecular weight excluding hydrogens is 340 g/mol. The number of nitrogens with zero attached hydrogens (tertiary/aromatic N) is 1. The van der Waals surface area contributed by atoms with Crippen molar-refractivity contribution in [3.8, 4) is 0 Å². The molecule has 0 saturated carbocycles. The van der Waals surface area contributed by atoms with E-state index in [2.05, 4.69) is 24.4 Å². The van der Waals surface area contributed by atoms with E-state index in [4.69, 9.17) is 4.74 Å². The lowest BCUT2D eigenvalue weighted by Gasteiger charge is -2.55. The molecule has 1 aliphatic heterocycles. The molecule has 6 heteroatoms. The molecular formula is C19H30ClN2O3. The molecule has 1 aromatic carbocycles. The van der Waals surface area contributed by atoms with Gasteiger partial charge in [0.15, 0.2) is 0 Å². The summed E-state index contributed by atoms with van der Waals surface area (Å²) in [7, 11) is 1.40. The van der Waals surface area contributed by atoms with Gasteiger partial charge < -0.3 is 15.3 Å². The predicted octanol–water partition coefficient (Wildman–Crippen LogP) is 3.84. The Bertz CT molecular complexity index is 577. The molecule has 0 bridgehead atoms. The number of rotatable bonds is 4. The van der Waals surface area contributed by atoms with Gasteiger partial charge in [0.1, 0.15) is 0 Å². The number of nitrogens with one attached hydrogen (secondary N) is 1. The SMILES string of the molecule is COC(=O)[C@H]1[C@@H](N[C@H](C)c2ccccc2)CC(C)(C)N(O)C1(C)C.[Cl]. The number of benzene rings is 1. The topological polar surface area (TPSA) is 61.8 Å². The van der Waals surface area contributed by atoms with Crippen molar-refractivity contribution in [2.45, 2.75) is 64.2 Å². The molecule has 1 aromatic rings. The lowest BCUT2D eigenvalue weighted by molar-refractivity contribution is -0.265. The van der Waals surface area contributed by atoms with Crippen molar-refractivity contribution >= 4 is 18.4 Å². The molecule has 1 saturated heterocycles. The van der Waals surface area contributed by atoms with Crippen LogP contribution in [-0.2, 0) is 9.53 Å². The van der Waals surface area contributed by atoms with Gasteiger partial charge in [0.2, 0.25) is 0 Å². The Labute approximate surface area is 157 Å². The highest BCUT2D eigenvalue weighted by Gasteiger charge is 2.55. The van der Waals surface area contributed by atoms with Gasteiger partial charge in [-0.15, -0.1) is 0 Å². The van der Waals surface area contributed by atoms with Crippen molar-refractivity contribution in [3.05, 3.63) is 35.9 Å². The normalized spacial score (nSPS) is 26.4. The number of piperidine rings is 1. The maximum Gasteiger partial charge on any atom is 0.312 e. The van der Waals surface area contributed by atoms with Crippen LogP contribution in [0.25, 0.3) is 0 Å². The van der Waals surface area contributed by atoms with Crippen molar-refractivity contribution in [1.29, 1.82) is 0 Å². The zero-order chi connectivity index (χ0) is 18.1. The highest BCUT2D eigenvalue weighted by molar-refractivity contribution is 5.85.